The summed E-state index contributed by atoms with van der Waals surface area (Å²) in [5.74, 6) is -1.68. The van der Waals surface area contributed by atoms with E-state index < -0.39 is 17.9 Å². The third-order valence-electron chi connectivity index (χ3n) is 2.40. The minimum atomic E-state index is -1.17. The van der Waals surface area contributed by atoms with Gasteiger partial charge in [0.2, 0.25) is 5.91 Å². The molecule has 0 saturated carbocycles. The highest BCUT2D eigenvalue weighted by Crippen LogP contribution is 2.25. The Morgan fingerprint density at radius 3 is 2.55 bits per heavy atom. The van der Waals surface area contributed by atoms with Gasteiger partial charge in [-0.15, -0.1) is 0 Å². The Labute approximate surface area is 125 Å². The second kappa shape index (κ2) is 8.06. The van der Waals surface area contributed by atoms with Crippen molar-refractivity contribution in [2.75, 3.05) is 18.5 Å². The molecule has 1 rings (SSSR count). The zero-order valence-electron chi connectivity index (χ0n) is 10.4. The molecule has 0 aromatic heterocycles. The minimum absolute atomic E-state index is 0.0892. The molecule has 6 nitrogen and oxygen atoms in total. The molecule has 0 aliphatic carbocycles. The van der Waals surface area contributed by atoms with Crippen LogP contribution in [-0.2, 0) is 9.59 Å². The monoisotopic (exact) mass is 320 g/mol. The van der Waals surface area contributed by atoms with Crippen LogP contribution in [0.4, 0.5) is 5.69 Å². The van der Waals surface area contributed by atoms with Gasteiger partial charge in [0.25, 0.3) is 0 Å². The molecule has 0 spiro atoms. The van der Waals surface area contributed by atoms with E-state index in [1.54, 1.807) is 6.07 Å². The summed E-state index contributed by atoms with van der Waals surface area (Å²) in [4.78, 5) is 22.7. The summed E-state index contributed by atoms with van der Waals surface area (Å²) in [7, 11) is 0. The van der Waals surface area contributed by atoms with Crippen molar-refractivity contribution in [1.82, 2.24) is 5.32 Å². The normalized spacial score (nSPS) is 11.9. The molecule has 0 aliphatic heterocycles. The number of carboxylic acid groups (broad SMARTS) is 1. The van der Waals surface area contributed by atoms with Crippen LogP contribution in [0.2, 0.25) is 10.0 Å². The Bertz CT molecular complexity index is 496. The molecule has 0 saturated heterocycles. The molecule has 1 aromatic rings. The molecule has 0 fully saturated rings. The Morgan fingerprint density at radius 2 is 2.00 bits per heavy atom. The lowest BCUT2D eigenvalue weighted by molar-refractivity contribution is -0.141. The SMILES string of the molecule is O=C(CC(NCCO)C(=O)O)Nc1ccc(Cl)cc1Cl. The fourth-order valence-electron chi connectivity index (χ4n) is 1.46. The average molecular weight is 321 g/mol. The Balaban J connectivity index is 2.63. The van der Waals surface area contributed by atoms with Crippen molar-refractivity contribution in [3.8, 4) is 0 Å². The average Bonchev–Trinajstić information content (AvgIpc) is 2.37. The number of hydrogen-bond donors (Lipinski definition) is 4. The number of carbonyl (C=O) groups excluding carboxylic acids is 1. The van der Waals surface area contributed by atoms with Gasteiger partial charge in [0.05, 0.1) is 23.7 Å². The summed E-state index contributed by atoms with van der Waals surface area (Å²) in [5.41, 5.74) is 0.354. The van der Waals surface area contributed by atoms with Crippen molar-refractivity contribution >= 4 is 40.8 Å². The van der Waals surface area contributed by atoms with Crippen molar-refractivity contribution in [2.24, 2.45) is 0 Å². The molecule has 1 atom stereocenters. The van der Waals surface area contributed by atoms with Gasteiger partial charge in [0.15, 0.2) is 0 Å². The van der Waals surface area contributed by atoms with E-state index in [1.807, 2.05) is 0 Å². The second-order valence-electron chi connectivity index (χ2n) is 3.95. The van der Waals surface area contributed by atoms with Gasteiger partial charge in [-0.25, -0.2) is 0 Å². The van der Waals surface area contributed by atoms with E-state index in [2.05, 4.69) is 10.6 Å². The molecular weight excluding hydrogens is 307 g/mol. The van der Waals surface area contributed by atoms with Crippen LogP contribution in [0.3, 0.4) is 0 Å². The quantitative estimate of drug-likeness (QED) is 0.608. The first kappa shape index (κ1) is 16.7. The summed E-state index contributed by atoms with van der Waals surface area (Å²) >= 11 is 11.6. The van der Waals surface area contributed by atoms with E-state index in [1.165, 1.54) is 12.1 Å². The highest BCUT2D eigenvalue weighted by molar-refractivity contribution is 6.36. The van der Waals surface area contributed by atoms with Crippen LogP contribution < -0.4 is 10.6 Å². The third-order valence-corrected chi connectivity index (χ3v) is 2.94. The standard InChI is InChI=1S/C12H14Cl2N2O4/c13-7-1-2-9(8(14)5-7)16-11(18)6-10(12(19)20)15-3-4-17/h1-2,5,10,15,17H,3-4,6H2,(H,16,18)(H,19,20). The van der Waals surface area contributed by atoms with Gasteiger partial charge in [-0.05, 0) is 18.2 Å². The number of halogens is 2. The molecule has 1 amide bonds. The number of aliphatic hydroxyl groups excluding tert-OH is 1. The lowest BCUT2D eigenvalue weighted by Crippen LogP contribution is -2.41. The predicted octanol–water partition coefficient (Wildman–Crippen LogP) is 1.36. The van der Waals surface area contributed by atoms with Gasteiger partial charge in [0, 0.05) is 11.6 Å². The van der Waals surface area contributed by atoms with E-state index in [0.29, 0.717) is 10.7 Å². The van der Waals surface area contributed by atoms with Gasteiger partial charge in [0.1, 0.15) is 6.04 Å². The maximum absolute atomic E-state index is 11.8. The van der Waals surface area contributed by atoms with Crippen LogP contribution in [0.25, 0.3) is 0 Å². The van der Waals surface area contributed by atoms with Crippen molar-refractivity contribution < 1.29 is 19.8 Å². The van der Waals surface area contributed by atoms with Crippen LogP contribution in [0.1, 0.15) is 6.42 Å². The number of rotatable bonds is 7. The second-order valence-corrected chi connectivity index (χ2v) is 4.79. The van der Waals surface area contributed by atoms with Gasteiger partial charge in [-0.2, -0.15) is 0 Å². The lowest BCUT2D eigenvalue weighted by Gasteiger charge is -2.14. The number of anilines is 1. The largest absolute Gasteiger partial charge is 0.480 e. The van der Waals surface area contributed by atoms with Crippen molar-refractivity contribution in [2.45, 2.75) is 12.5 Å². The topological polar surface area (TPSA) is 98.7 Å². The van der Waals surface area contributed by atoms with Crippen LogP contribution >= 0.6 is 23.2 Å². The van der Waals surface area contributed by atoms with E-state index >= 15 is 0 Å². The van der Waals surface area contributed by atoms with Crippen molar-refractivity contribution in [3.05, 3.63) is 28.2 Å². The van der Waals surface area contributed by atoms with Gasteiger partial charge in [-0.1, -0.05) is 23.2 Å². The predicted molar refractivity (Wildman–Crippen MR) is 76.2 cm³/mol. The highest BCUT2D eigenvalue weighted by Gasteiger charge is 2.20. The number of aliphatic hydroxyl groups is 1. The number of carboxylic acids is 1. The Kier molecular flexibility index (Phi) is 6.74. The van der Waals surface area contributed by atoms with Gasteiger partial charge < -0.3 is 20.8 Å². The van der Waals surface area contributed by atoms with Gasteiger partial charge >= 0.3 is 5.97 Å². The molecule has 8 heteroatoms. The molecule has 4 N–H and O–H groups in total. The van der Waals surface area contributed by atoms with E-state index in [-0.39, 0.29) is 24.6 Å². The summed E-state index contributed by atoms with van der Waals surface area (Å²) in [6.07, 6.45) is -0.283. The number of nitrogens with one attached hydrogen (secondary N) is 2. The molecule has 110 valence electrons. The van der Waals surface area contributed by atoms with Crippen LogP contribution in [0, 0.1) is 0 Å². The van der Waals surface area contributed by atoms with E-state index in [9.17, 15) is 9.59 Å². The fourth-order valence-corrected chi connectivity index (χ4v) is 1.92. The Hall–Kier alpha value is -1.34. The summed E-state index contributed by atoms with van der Waals surface area (Å²) in [6, 6.07) is 3.48. The summed E-state index contributed by atoms with van der Waals surface area (Å²) < 4.78 is 0. The molecule has 1 aromatic carbocycles. The maximum atomic E-state index is 11.8. The molecule has 0 radical (unpaired) electrons. The first-order valence-electron chi connectivity index (χ1n) is 5.76. The highest BCUT2D eigenvalue weighted by atomic mass is 35.5. The maximum Gasteiger partial charge on any atom is 0.321 e. The van der Waals surface area contributed by atoms with Crippen molar-refractivity contribution in [1.29, 1.82) is 0 Å². The number of benzene rings is 1. The molecule has 0 aliphatic rings. The van der Waals surface area contributed by atoms with E-state index in [0.717, 1.165) is 0 Å². The van der Waals surface area contributed by atoms with E-state index in [4.69, 9.17) is 33.4 Å². The van der Waals surface area contributed by atoms with Crippen LogP contribution in [-0.4, -0.2) is 41.3 Å². The minimum Gasteiger partial charge on any atom is -0.480 e. The zero-order chi connectivity index (χ0) is 15.1. The summed E-state index contributed by atoms with van der Waals surface area (Å²) in [6.45, 7) is -0.125. The van der Waals surface area contributed by atoms with Crippen LogP contribution in [0.5, 0.6) is 0 Å². The molecule has 20 heavy (non-hydrogen) atoms. The fraction of sp³-hybridized carbons (Fsp3) is 0.333. The number of amides is 1. The first-order valence-corrected chi connectivity index (χ1v) is 6.51. The lowest BCUT2D eigenvalue weighted by atomic mass is 10.2. The molecule has 0 bridgehead atoms. The number of carbonyl (C=O) groups is 2. The molecule has 0 heterocycles. The molecular formula is C12H14Cl2N2O4. The van der Waals surface area contributed by atoms with Gasteiger partial charge in [-0.3, -0.25) is 9.59 Å². The zero-order valence-corrected chi connectivity index (χ0v) is 11.9. The van der Waals surface area contributed by atoms with Crippen molar-refractivity contribution in [3.63, 3.8) is 0 Å². The summed E-state index contributed by atoms with van der Waals surface area (Å²) in [5, 5.41) is 23.3. The first-order chi connectivity index (χ1) is 9.43. The molecule has 1 unspecified atom stereocenters. The van der Waals surface area contributed by atoms with Crippen LogP contribution in [0.15, 0.2) is 18.2 Å². The number of hydrogen-bond acceptors (Lipinski definition) is 4. The number of aliphatic carboxylic acids is 1. The third kappa shape index (κ3) is 5.34. The Morgan fingerprint density at radius 1 is 1.30 bits per heavy atom. The smallest absolute Gasteiger partial charge is 0.321 e.